The summed E-state index contributed by atoms with van der Waals surface area (Å²) in [6, 6.07) is 4.10. The van der Waals surface area contributed by atoms with Gasteiger partial charge in [-0.3, -0.25) is 0 Å². The van der Waals surface area contributed by atoms with E-state index in [-0.39, 0.29) is 5.97 Å². The number of fused-ring (bicyclic) bond motifs is 1. The number of carbonyl (C=O) groups excluding carboxylic acids is 1. The van der Waals surface area contributed by atoms with E-state index < -0.39 is 0 Å². The summed E-state index contributed by atoms with van der Waals surface area (Å²) < 4.78 is 5.06. The average molecular weight is 220 g/mol. The first kappa shape index (κ1) is 12.8. The highest BCUT2D eigenvalue weighted by Crippen LogP contribution is 2.30. The summed E-state index contributed by atoms with van der Waals surface area (Å²) in [6.07, 6.45) is 0. The Bertz CT molecular complexity index is 392. The minimum Gasteiger partial charge on any atom is -0.457 e. The van der Waals surface area contributed by atoms with Gasteiger partial charge in [-0.1, -0.05) is 39.8 Å². The van der Waals surface area contributed by atoms with E-state index in [0.717, 1.165) is 22.3 Å². The zero-order chi connectivity index (χ0) is 12.3. The summed E-state index contributed by atoms with van der Waals surface area (Å²) in [5.41, 5.74) is 4.13. The maximum Gasteiger partial charge on any atom is 0.339 e. The van der Waals surface area contributed by atoms with Crippen LogP contribution in [0.3, 0.4) is 0 Å². The number of benzene rings is 1. The molecule has 0 aromatic heterocycles. The minimum absolute atomic E-state index is 0.160. The van der Waals surface area contributed by atoms with E-state index in [4.69, 9.17) is 4.74 Å². The Kier molecular flexibility index (Phi) is 4.11. The Morgan fingerprint density at radius 3 is 2.44 bits per heavy atom. The first-order valence-electron chi connectivity index (χ1n) is 5.90. The molecule has 1 aliphatic heterocycles. The molecule has 2 nitrogen and oxygen atoms in total. The number of rotatable bonds is 1. The van der Waals surface area contributed by atoms with E-state index in [2.05, 4.69) is 19.9 Å². The molecule has 0 saturated heterocycles. The highest BCUT2D eigenvalue weighted by molar-refractivity contribution is 5.95. The van der Waals surface area contributed by atoms with Crippen LogP contribution in [0.25, 0.3) is 0 Å². The van der Waals surface area contributed by atoms with E-state index in [1.54, 1.807) is 0 Å². The van der Waals surface area contributed by atoms with Gasteiger partial charge in [-0.2, -0.15) is 0 Å². The Balaban J connectivity index is 0.000000606. The molecule has 0 aliphatic carbocycles. The standard InChI is InChI=1S/C12H14O2.C2H6/c1-7(2)9-5-4-8(3)10-6-14-12(13)11(9)10;1-2/h4-5,7H,6H2,1-3H3;1-2H3. The Hall–Kier alpha value is -1.31. The van der Waals surface area contributed by atoms with Crippen LogP contribution in [0.1, 0.15) is 60.7 Å². The summed E-state index contributed by atoms with van der Waals surface area (Å²) >= 11 is 0. The lowest BCUT2D eigenvalue weighted by atomic mass is 9.92. The molecule has 1 aromatic rings. The zero-order valence-corrected chi connectivity index (χ0v) is 10.8. The predicted octanol–water partition coefficient (Wildman–Crippen LogP) is 3.82. The monoisotopic (exact) mass is 220 g/mol. The van der Waals surface area contributed by atoms with Gasteiger partial charge in [0.15, 0.2) is 0 Å². The highest BCUT2D eigenvalue weighted by Gasteiger charge is 2.26. The van der Waals surface area contributed by atoms with E-state index in [9.17, 15) is 4.79 Å². The molecule has 0 radical (unpaired) electrons. The molecule has 0 fully saturated rings. The van der Waals surface area contributed by atoms with Crippen LogP contribution < -0.4 is 0 Å². The summed E-state index contributed by atoms with van der Waals surface area (Å²) in [7, 11) is 0. The second kappa shape index (κ2) is 5.15. The molecule has 88 valence electrons. The van der Waals surface area contributed by atoms with Crippen LogP contribution in [-0.2, 0) is 11.3 Å². The van der Waals surface area contributed by atoms with Gasteiger partial charge in [-0.05, 0) is 24.0 Å². The Labute approximate surface area is 97.6 Å². The van der Waals surface area contributed by atoms with E-state index in [1.807, 2.05) is 26.8 Å². The molecule has 0 spiro atoms. The second-order valence-corrected chi connectivity index (χ2v) is 4.06. The first-order chi connectivity index (χ1) is 7.61. The van der Waals surface area contributed by atoms with Crippen molar-refractivity contribution in [3.63, 3.8) is 0 Å². The summed E-state index contributed by atoms with van der Waals surface area (Å²) in [5.74, 6) is 0.211. The maximum absolute atomic E-state index is 11.5. The van der Waals surface area contributed by atoms with Gasteiger partial charge in [0.2, 0.25) is 0 Å². The molecule has 16 heavy (non-hydrogen) atoms. The lowest BCUT2D eigenvalue weighted by Crippen LogP contribution is -2.02. The zero-order valence-electron chi connectivity index (χ0n) is 10.8. The lowest BCUT2D eigenvalue weighted by Gasteiger charge is -2.10. The van der Waals surface area contributed by atoms with Crippen LogP contribution in [0.4, 0.5) is 0 Å². The fraction of sp³-hybridized carbons (Fsp3) is 0.500. The van der Waals surface area contributed by atoms with Crippen molar-refractivity contribution in [2.75, 3.05) is 0 Å². The molecule has 2 rings (SSSR count). The molecule has 0 amide bonds. The summed E-state index contributed by atoms with van der Waals surface area (Å²) in [5, 5.41) is 0. The molecule has 0 unspecified atom stereocenters. The van der Waals surface area contributed by atoms with Gasteiger partial charge < -0.3 is 4.74 Å². The quantitative estimate of drug-likeness (QED) is 0.673. The van der Waals surface area contributed by atoms with E-state index >= 15 is 0 Å². The SMILES string of the molecule is CC.Cc1ccc(C(C)C)c2c1COC2=O. The predicted molar refractivity (Wildman–Crippen MR) is 65.7 cm³/mol. The molecule has 0 atom stereocenters. The number of aryl methyl sites for hydroxylation is 1. The third kappa shape index (κ3) is 2.11. The van der Waals surface area contributed by atoms with Gasteiger partial charge in [0, 0.05) is 5.56 Å². The normalized spacial score (nSPS) is 13.0. The van der Waals surface area contributed by atoms with Crippen LogP contribution >= 0.6 is 0 Å². The summed E-state index contributed by atoms with van der Waals surface area (Å²) in [6.45, 7) is 10.7. The number of hydrogen-bond donors (Lipinski definition) is 0. The van der Waals surface area contributed by atoms with Crippen molar-refractivity contribution in [1.29, 1.82) is 0 Å². The molecule has 0 bridgehead atoms. The first-order valence-corrected chi connectivity index (χ1v) is 5.90. The Morgan fingerprint density at radius 2 is 1.88 bits per heavy atom. The topological polar surface area (TPSA) is 26.3 Å². The van der Waals surface area contributed by atoms with Crippen molar-refractivity contribution >= 4 is 5.97 Å². The van der Waals surface area contributed by atoms with Crippen LogP contribution in [0, 0.1) is 6.92 Å². The molecule has 0 N–H and O–H groups in total. The average Bonchev–Trinajstić information content (AvgIpc) is 2.65. The number of cyclic esters (lactones) is 1. The molecule has 1 aliphatic rings. The number of ether oxygens (including phenoxy) is 1. The number of hydrogen-bond acceptors (Lipinski definition) is 2. The van der Waals surface area contributed by atoms with Crippen molar-refractivity contribution in [2.45, 2.75) is 47.1 Å². The number of carbonyl (C=O) groups is 1. The lowest BCUT2D eigenvalue weighted by molar-refractivity contribution is 0.0534. The molecule has 0 saturated carbocycles. The Morgan fingerprint density at radius 1 is 1.25 bits per heavy atom. The smallest absolute Gasteiger partial charge is 0.339 e. The van der Waals surface area contributed by atoms with Crippen molar-refractivity contribution in [3.8, 4) is 0 Å². The van der Waals surface area contributed by atoms with E-state index in [0.29, 0.717) is 12.5 Å². The maximum atomic E-state index is 11.5. The van der Waals surface area contributed by atoms with Gasteiger partial charge in [-0.15, -0.1) is 0 Å². The van der Waals surface area contributed by atoms with Crippen molar-refractivity contribution in [2.24, 2.45) is 0 Å². The molecule has 1 heterocycles. The largest absolute Gasteiger partial charge is 0.457 e. The van der Waals surface area contributed by atoms with Gasteiger partial charge in [0.25, 0.3) is 0 Å². The third-order valence-corrected chi connectivity index (χ3v) is 2.75. The molecular formula is C14H20O2. The summed E-state index contributed by atoms with van der Waals surface area (Å²) in [4.78, 5) is 11.5. The second-order valence-electron chi connectivity index (χ2n) is 4.06. The van der Waals surface area contributed by atoms with Crippen molar-refractivity contribution in [1.82, 2.24) is 0 Å². The number of esters is 1. The van der Waals surface area contributed by atoms with Crippen molar-refractivity contribution < 1.29 is 9.53 Å². The molecule has 1 aromatic carbocycles. The van der Waals surface area contributed by atoms with Gasteiger partial charge in [0.05, 0.1) is 5.56 Å². The van der Waals surface area contributed by atoms with Gasteiger partial charge >= 0.3 is 5.97 Å². The van der Waals surface area contributed by atoms with Crippen molar-refractivity contribution in [3.05, 3.63) is 34.4 Å². The minimum atomic E-state index is -0.160. The van der Waals surface area contributed by atoms with E-state index in [1.165, 1.54) is 0 Å². The van der Waals surface area contributed by atoms with Crippen LogP contribution in [0.15, 0.2) is 12.1 Å². The molecule has 2 heteroatoms. The molecular weight excluding hydrogens is 200 g/mol. The fourth-order valence-electron chi connectivity index (χ4n) is 1.89. The van der Waals surface area contributed by atoms with Crippen LogP contribution in [-0.4, -0.2) is 5.97 Å². The van der Waals surface area contributed by atoms with Gasteiger partial charge in [-0.25, -0.2) is 4.79 Å². The van der Waals surface area contributed by atoms with Gasteiger partial charge in [0.1, 0.15) is 6.61 Å². The van der Waals surface area contributed by atoms with Crippen LogP contribution in [0.2, 0.25) is 0 Å². The fourth-order valence-corrected chi connectivity index (χ4v) is 1.89. The third-order valence-electron chi connectivity index (χ3n) is 2.75. The van der Waals surface area contributed by atoms with Crippen LogP contribution in [0.5, 0.6) is 0 Å². The highest BCUT2D eigenvalue weighted by atomic mass is 16.5.